The molecule has 2 fully saturated rings. The Morgan fingerprint density at radius 1 is 1.32 bits per heavy atom. The summed E-state index contributed by atoms with van der Waals surface area (Å²) < 4.78 is 13.6. The van der Waals surface area contributed by atoms with Gasteiger partial charge >= 0.3 is 5.97 Å². The number of rotatable bonds is 2. The van der Waals surface area contributed by atoms with Gasteiger partial charge in [-0.15, -0.1) is 0 Å². The number of nitrogens with zero attached hydrogens (tertiary/aromatic N) is 1. The van der Waals surface area contributed by atoms with Crippen molar-refractivity contribution in [2.45, 2.75) is 25.2 Å². The molecule has 2 aliphatic rings. The summed E-state index contributed by atoms with van der Waals surface area (Å²) in [5.74, 6) is 1.03. The molecule has 98 valence electrons. The van der Waals surface area contributed by atoms with Crippen LogP contribution >= 0.6 is 0 Å². The largest absolute Gasteiger partial charge is 0.478 e. The quantitative estimate of drug-likeness (QED) is 0.872. The standard InChI is InChI=1S/C14H13FN2O2/c15-10-5-12-11(4-9(10)14(18)19)16-13(17-12)8-2-6-1-7(6)3-8/h4-8H,1-3H2,(H,16,17)(H,18,19). The van der Waals surface area contributed by atoms with Gasteiger partial charge in [0.2, 0.25) is 0 Å². The summed E-state index contributed by atoms with van der Waals surface area (Å²) >= 11 is 0. The van der Waals surface area contributed by atoms with Crippen molar-refractivity contribution in [1.29, 1.82) is 0 Å². The second kappa shape index (κ2) is 3.56. The Morgan fingerprint density at radius 3 is 2.74 bits per heavy atom. The molecule has 2 atom stereocenters. The number of imidazole rings is 1. The maximum absolute atomic E-state index is 13.6. The number of carbonyl (C=O) groups is 1. The van der Waals surface area contributed by atoms with Crippen LogP contribution in [0.1, 0.15) is 41.4 Å². The Kier molecular flexibility index (Phi) is 2.05. The summed E-state index contributed by atoms with van der Waals surface area (Å²) in [7, 11) is 0. The number of carboxylic acid groups (broad SMARTS) is 1. The highest BCUT2D eigenvalue weighted by molar-refractivity contribution is 5.92. The number of aromatic nitrogens is 2. The van der Waals surface area contributed by atoms with E-state index in [2.05, 4.69) is 9.97 Å². The van der Waals surface area contributed by atoms with Gasteiger partial charge in [0.05, 0.1) is 16.6 Å². The van der Waals surface area contributed by atoms with Crippen LogP contribution in [0.5, 0.6) is 0 Å². The van der Waals surface area contributed by atoms with E-state index in [4.69, 9.17) is 5.11 Å². The predicted octanol–water partition coefficient (Wildman–Crippen LogP) is 2.91. The minimum absolute atomic E-state index is 0.320. The number of nitrogens with one attached hydrogen (secondary N) is 1. The van der Waals surface area contributed by atoms with E-state index in [1.165, 1.54) is 18.6 Å². The molecule has 0 amide bonds. The van der Waals surface area contributed by atoms with E-state index in [0.29, 0.717) is 17.0 Å². The van der Waals surface area contributed by atoms with E-state index in [0.717, 1.165) is 30.5 Å². The first-order valence-corrected chi connectivity index (χ1v) is 6.54. The van der Waals surface area contributed by atoms with Crippen molar-refractivity contribution in [1.82, 2.24) is 9.97 Å². The zero-order chi connectivity index (χ0) is 13.1. The lowest BCUT2D eigenvalue weighted by Crippen LogP contribution is -1.99. The molecule has 0 radical (unpaired) electrons. The number of benzene rings is 1. The fraction of sp³-hybridized carbons (Fsp3) is 0.429. The van der Waals surface area contributed by atoms with Crippen LogP contribution in [-0.2, 0) is 0 Å². The molecule has 5 heteroatoms. The Labute approximate surface area is 108 Å². The summed E-state index contributed by atoms with van der Waals surface area (Å²) in [5, 5.41) is 8.91. The summed E-state index contributed by atoms with van der Waals surface area (Å²) in [6, 6.07) is 2.54. The van der Waals surface area contributed by atoms with Gasteiger partial charge in [0.1, 0.15) is 11.6 Å². The molecule has 0 bridgehead atoms. The normalized spacial score (nSPS) is 28.6. The van der Waals surface area contributed by atoms with Gasteiger partial charge in [0, 0.05) is 12.0 Å². The third-order valence-electron chi connectivity index (χ3n) is 4.45. The molecular weight excluding hydrogens is 247 g/mol. The van der Waals surface area contributed by atoms with E-state index >= 15 is 0 Å². The summed E-state index contributed by atoms with van der Waals surface area (Å²) in [4.78, 5) is 18.5. The van der Waals surface area contributed by atoms with Gasteiger partial charge in [-0.1, -0.05) is 0 Å². The zero-order valence-electron chi connectivity index (χ0n) is 10.2. The van der Waals surface area contributed by atoms with Crippen molar-refractivity contribution >= 4 is 17.0 Å². The number of aromatic carboxylic acids is 1. The predicted molar refractivity (Wildman–Crippen MR) is 66.6 cm³/mol. The van der Waals surface area contributed by atoms with Crippen LogP contribution in [0.4, 0.5) is 4.39 Å². The molecule has 2 saturated carbocycles. The second-order valence-corrected chi connectivity index (χ2v) is 5.70. The lowest BCUT2D eigenvalue weighted by molar-refractivity contribution is 0.0692. The molecule has 2 aliphatic carbocycles. The van der Waals surface area contributed by atoms with Crippen molar-refractivity contribution in [3.63, 3.8) is 0 Å². The molecule has 1 aromatic carbocycles. The monoisotopic (exact) mass is 260 g/mol. The molecule has 0 saturated heterocycles. The maximum atomic E-state index is 13.6. The lowest BCUT2D eigenvalue weighted by atomic mass is 10.0. The second-order valence-electron chi connectivity index (χ2n) is 5.70. The molecule has 4 nitrogen and oxygen atoms in total. The fourth-order valence-corrected chi connectivity index (χ4v) is 3.35. The number of fused-ring (bicyclic) bond motifs is 2. The first kappa shape index (κ1) is 11.0. The minimum atomic E-state index is -1.26. The van der Waals surface area contributed by atoms with Crippen LogP contribution in [-0.4, -0.2) is 21.0 Å². The van der Waals surface area contributed by atoms with Crippen molar-refractivity contribution < 1.29 is 14.3 Å². The first-order valence-electron chi connectivity index (χ1n) is 6.54. The Hall–Kier alpha value is -1.91. The SMILES string of the molecule is O=C(O)c1cc2nc(C3CC4CC4C3)[nH]c2cc1F. The van der Waals surface area contributed by atoms with Gasteiger partial charge in [0.25, 0.3) is 0 Å². The summed E-state index contributed by atoms with van der Waals surface area (Å²) in [5.41, 5.74) is 0.798. The fourth-order valence-electron chi connectivity index (χ4n) is 3.35. The van der Waals surface area contributed by atoms with Crippen molar-refractivity contribution in [3.05, 3.63) is 29.3 Å². The highest BCUT2D eigenvalue weighted by Crippen LogP contribution is 2.57. The van der Waals surface area contributed by atoms with Gasteiger partial charge in [-0.3, -0.25) is 0 Å². The molecule has 1 aromatic heterocycles. The molecule has 2 aromatic rings. The molecular formula is C14H13FN2O2. The molecule has 4 rings (SSSR count). The number of halogens is 1. The number of aromatic amines is 1. The summed E-state index contributed by atoms with van der Waals surface area (Å²) in [6.07, 6.45) is 3.64. The lowest BCUT2D eigenvalue weighted by Gasteiger charge is -2.06. The highest BCUT2D eigenvalue weighted by atomic mass is 19.1. The molecule has 2 unspecified atom stereocenters. The van der Waals surface area contributed by atoms with Gasteiger partial charge < -0.3 is 10.1 Å². The van der Waals surface area contributed by atoms with Crippen molar-refractivity contribution in [2.75, 3.05) is 0 Å². The third-order valence-corrected chi connectivity index (χ3v) is 4.45. The topological polar surface area (TPSA) is 66.0 Å². The smallest absolute Gasteiger partial charge is 0.338 e. The van der Waals surface area contributed by atoms with E-state index in [-0.39, 0.29) is 5.56 Å². The maximum Gasteiger partial charge on any atom is 0.338 e. The highest BCUT2D eigenvalue weighted by Gasteiger charge is 2.47. The number of hydrogen-bond donors (Lipinski definition) is 2. The molecule has 0 aliphatic heterocycles. The van der Waals surface area contributed by atoms with E-state index in [9.17, 15) is 9.18 Å². The van der Waals surface area contributed by atoms with Crippen LogP contribution in [0, 0.1) is 17.7 Å². The molecule has 0 spiro atoms. The van der Waals surface area contributed by atoms with Crippen LogP contribution in [0.3, 0.4) is 0 Å². The Balaban J connectivity index is 1.76. The average Bonchev–Trinajstić information content (AvgIpc) is 2.82. The van der Waals surface area contributed by atoms with Crippen LogP contribution in [0.25, 0.3) is 11.0 Å². The molecule has 19 heavy (non-hydrogen) atoms. The van der Waals surface area contributed by atoms with Crippen molar-refractivity contribution in [2.24, 2.45) is 11.8 Å². The van der Waals surface area contributed by atoms with Crippen LogP contribution < -0.4 is 0 Å². The van der Waals surface area contributed by atoms with Crippen LogP contribution in [0.15, 0.2) is 12.1 Å². The van der Waals surface area contributed by atoms with Crippen molar-refractivity contribution in [3.8, 4) is 0 Å². The van der Waals surface area contributed by atoms with Gasteiger partial charge in [-0.2, -0.15) is 0 Å². The van der Waals surface area contributed by atoms with Gasteiger partial charge in [-0.25, -0.2) is 14.2 Å². The molecule has 2 N–H and O–H groups in total. The van der Waals surface area contributed by atoms with E-state index in [1.54, 1.807) is 0 Å². The zero-order valence-corrected chi connectivity index (χ0v) is 10.2. The van der Waals surface area contributed by atoms with E-state index in [1.807, 2.05) is 0 Å². The minimum Gasteiger partial charge on any atom is -0.478 e. The number of H-pyrrole nitrogens is 1. The Bertz CT molecular complexity index is 684. The number of carboxylic acids is 1. The first-order chi connectivity index (χ1) is 9.11. The third kappa shape index (κ3) is 1.64. The van der Waals surface area contributed by atoms with Gasteiger partial charge in [-0.05, 0) is 37.2 Å². The Morgan fingerprint density at radius 2 is 2.05 bits per heavy atom. The van der Waals surface area contributed by atoms with E-state index < -0.39 is 11.8 Å². The average molecular weight is 260 g/mol. The van der Waals surface area contributed by atoms with Crippen LogP contribution in [0.2, 0.25) is 0 Å². The van der Waals surface area contributed by atoms with Gasteiger partial charge in [0.15, 0.2) is 0 Å². The molecule has 1 heterocycles. The summed E-state index contributed by atoms with van der Waals surface area (Å²) in [6.45, 7) is 0. The number of hydrogen-bond acceptors (Lipinski definition) is 2.